The van der Waals surface area contributed by atoms with E-state index in [9.17, 15) is 0 Å². The molecule has 0 radical (unpaired) electrons. The van der Waals surface area contributed by atoms with E-state index in [1.165, 1.54) is 17.1 Å². The summed E-state index contributed by atoms with van der Waals surface area (Å²) in [7, 11) is 0. The van der Waals surface area contributed by atoms with E-state index in [0.717, 1.165) is 17.8 Å². The molecule has 0 saturated carbocycles. The van der Waals surface area contributed by atoms with Gasteiger partial charge in [0, 0.05) is 6.04 Å². The van der Waals surface area contributed by atoms with Crippen molar-refractivity contribution in [2.75, 3.05) is 11.1 Å². The summed E-state index contributed by atoms with van der Waals surface area (Å²) < 4.78 is 3.99. The Morgan fingerprint density at radius 1 is 1.42 bits per heavy atom. The summed E-state index contributed by atoms with van der Waals surface area (Å²) in [5.74, 6) is 0.310. The van der Waals surface area contributed by atoms with Crippen molar-refractivity contribution in [1.29, 1.82) is 5.26 Å². The summed E-state index contributed by atoms with van der Waals surface area (Å²) in [4.78, 5) is 0. The minimum absolute atomic E-state index is 0.271. The second-order valence-corrected chi connectivity index (χ2v) is 5.23. The zero-order valence-electron chi connectivity index (χ0n) is 10.8. The monoisotopic (exact) mass is 272 g/mol. The first-order valence-electron chi connectivity index (χ1n) is 6.16. The van der Waals surface area contributed by atoms with Crippen molar-refractivity contribution < 1.29 is 0 Å². The van der Waals surface area contributed by atoms with Gasteiger partial charge in [-0.2, -0.15) is 9.64 Å². The van der Waals surface area contributed by atoms with E-state index in [0.29, 0.717) is 11.4 Å². The number of nitriles is 1. The molecule has 3 N–H and O–H groups in total. The van der Waals surface area contributed by atoms with E-state index in [4.69, 9.17) is 11.0 Å². The van der Waals surface area contributed by atoms with E-state index in [-0.39, 0.29) is 6.04 Å². The zero-order chi connectivity index (χ0) is 13.7. The van der Waals surface area contributed by atoms with E-state index in [1.807, 2.05) is 18.2 Å². The van der Waals surface area contributed by atoms with Gasteiger partial charge < -0.3 is 11.1 Å². The van der Waals surface area contributed by atoms with Crippen LogP contribution in [0.25, 0.3) is 0 Å². The maximum atomic E-state index is 9.01. The van der Waals surface area contributed by atoms with Gasteiger partial charge in [-0.1, -0.05) is 30.3 Å². The third-order valence-electron chi connectivity index (χ3n) is 2.92. The number of nitrogens with two attached hydrogens (primary N) is 1. The van der Waals surface area contributed by atoms with Crippen molar-refractivity contribution in [3.05, 3.63) is 41.5 Å². The Morgan fingerprint density at radius 2 is 2.16 bits per heavy atom. The first-order valence-corrected chi connectivity index (χ1v) is 6.93. The van der Waals surface area contributed by atoms with Crippen molar-refractivity contribution in [3.8, 4) is 6.07 Å². The van der Waals surface area contributed by atoms with Crippen LogP contribution in [0.1, 0.15) is 24.5 Å². The van der Waals surface area contributed by atoms with Gasteiger partial charge in [-0.15, -0.1) is 0 Å². The van der Waals surface area contributed by atoms with E-state index in [1.54, 1.807) is 0 Å². The third-order valence-corrected chi connectivity index (χ3v) is 3.71. The molecule has 1 heterocycles. The molecule has 0 spiro atoms. The maximum Gasteiger partial charge on any atom is 0.157 e. The van der Waals surface area contributed by atoms with Crippen molar-refractivity contribution in [3.63, 3.8) is 0 Å². The van der Waals surface area contributed by atoms with Crippen LogP contribution >= 0.6 is 11.5 Å². The van der Waals surface area contributed by atoms with Gasteiger partial charge >= 0.3 is 0 Å². The molecule has 2 aromatic rings. The molecule has 0 saturated heterocycles. The molecule has 0 aliphatic rings. The summed E-state index contributed by atoms with van der Waals surface area (Å²) in [6, 6.07) is 12.7. The second-order valence-electron chi connectivity index (χ2n) is 4.45. The Bertz CT molecular complexity index is 571. The molecule has 0 bridgehead atoms. The maximum absolute atomic E-state index is 9.01. The molecule has 1 aromatic heterocycles. The lowest BCUT2D eigenvalue weighted by molar-refractivity contribution is 0.708. The van der Waals surface area contributed by atoms with Crippen molar-refractivity contribution >= 4 is 22.4 Å². The highest BCUT2D eigenvalue weighted by molar-refractivity contribution is 7.10. The molecule has 0 fully saturated rings. The van der Waals surface area contributed by atoms with Crippen LogP contribution in [0.4, 0.5) is 10.8 Å². The quantitative estimate of drug-likeness (QED) is 0.877. The zero-order valence-corrected chi connectivity index (χ0v) is 11.6. The average molecular weight is 272 g/mol. The van der Waals surface area contributed by atoms with E-state index in [2.05, 4.69) is 34.8 Å². The molecule has 1 unspecified atom stereocenters. The molecule has 1 atom stereocenters. The van der Waals surface area contributed by atoms with Gasteiger partial charge in [0.15, 0.2) is 5.82 Å². The first-order chi connectivity index (χ1) is 9.20. The number of aryl methyl sites for hydroxylation is 1. The Balaban J connectivity index is 1.91. The Kier molecular flexibility index (Phi) is 4.37. The fraction of sp³-hybridized carbons (Fsp3) is 0.286. The predicted octanol–water partition coefficient (Wildman–Crippen LogP) is 3.03. The smallest absolute Gasteiger partial charge is 0.157 e. The van der Waals surface area contributed by atoms with Gasteiger partial charge in [0.1, 0.15) is 16.6 Å². The fourth-order valence-corrected chi connectivity index (χ4v) is 2.61. The normalized spacial score (nSPS) is 11.8. The number of nitrogens with zero attached hydrogens (tertiary/aromatic N) is 2. The van der Waals surface area contributed by atoms with Gasteiger partial charge in [-0.25, -0.2) is 0 Å². The topological polar surface area (TPSA) is 74.7 Å². The minimum atomic E-state index is 0.271. The molecule has 0 aliphatic carbocycles. The van der Waals surface area contributed by atoms with Crippen LogP contribution in [0.5, 0.6) is 0 Å². The van der Waals surface area contributed by atoms with Gasteiger partial charge in [0.25, 0.3) is 0 Å². The molecule has 1 aromatic carbocycles. The molecule has 98 valence electrons. The highest BCUT2D eigenvalue weighted by Crippen LogP contribution is 2.26. The first kappa shape index (κ1) is 13.4. The lowest BCUT2D eigenvalue weighted by Crippen LogP contribution is -2.15. The van der Waals surface area contributed by atoms with E-state index >= 15 is 0 Å². The van der Waals surface area contributed by atoms with Gasteiger partial charge in [0.05, 0.1) is 0 Å². The molecular weight excluding hydrogens is 256 g/mol. The third kappa shape index (κ3) is 3.46. The lowest BCUT2D eigenvalue weighted by atomic mass is 10.1. The summed E-state index contributed by atoms with van der Waals surface area (Å²) in [5.41, 5.74) is 7.40. The highest BCUT2D eigenvalue weighted by atomic mass is 32.1. The van der Waals surface area contributed by atoms with Gasteiger partial charge in [-0.3, -0.25) is 0 Å². The van der Waals surface area contributed by atoms with Crippen LogP contribution < -0.4 is 11.1 Å². The lowest BCUT2D eigenvalue weighted by Gasteiger charge is -2.13. The van der Waals surface area contributed by atoms with Crippen LogP contribution in [-0.2, 0) is 6.42 Å². The van der Waals surface area contributed by atoms with Crippen LogP contribution in [0, 0.1) is 11.3 Å². The fourth-order valence-electron chi connectivity index (χ4n) is 1.83. The van der Waals surface area contributed by atoms with Crippen molar-refractivity contribution in [1.82, 2.24) is 4.37 Å². The summed E-state index contributed by atoms with van der Waals surface area (Å²) in [6.45, 7) is 2.10. The number of anilines is 2. The highest BCUT2D eigenvalue weighted by Gasteiger charge is 2.12. The number of hydrogen-bond donors (Lipinski definition) is 2. The Hall–Kier alpha value is -2.06. The molecule has 0 aliphatic heterocycles. The van der Waals surface area contributed by atoms with E-state index < -0.39 is 0 Å². The van der Waals surface area contributed by atoms with Gasteiger partial charge in [-0.05, 0) is 36.9 Å². The van der Waals surface area contributed by atoms with Crippen molar-refractivity contribution in [2.24, 2.45) is 0 Å². The second kappa shape index (κ2) is 6.21. The van der Waals surface area contributed by atoms with Crippen molar-refractivity contribution in [2.45, 2.75) is 25.8 Å². The van der Waals surface area contributed by atoms with Crippen LogP contribution in [0.15, 0.2) is 30.3 Å². The average Bonchev–Trinajstić information content (AvgIpc) is 2.78. The molecule has 4 nitrogen and oxygen atoms in total. The summed E-state index contributed by atoms with van der Waals surface area (Å²) in [6.07, 6.45) is 2.00. The summed E-state index contributed by atoms with van der Waals surface area (Å²) in [5, 5.41) is 13.1. The standard InChI is InChI=1S/C14H16N4S/c1-10(7-8-11-5-3-2-4-6-11)17-14-12(9-15)13(16)18-19-14/h2-6,10,17H,7-8H2,1H3,(H2,16,18). The predicted molar refractivity (Wildman–Crippen MR) is 79.1 cm³/mol. The Labute approximate surface area is 117 Å². The minimum Gasteiger partial charge on any atom is -0.382 e. The summed E-state index contributed by atoms with van der Waals surface area (Å²) >= 11 is 1.24. The number of nitrogen functional groups attached to an aromatic ring is 1. The molecule has 0 amide bonds. The SMILES string of the molecule is CC(CCc1ccccc1)Nc1snc(N)c1C#N. The number of nitrogens with one attached hydrogen (secondary N) is 1. The number of rotatable bonds is 5. The molecule has 5 heteroatoms. The van der Waals surface area contributed by atoms with Gasteiger partial charge in [0.2, 0.25) is 0 Å². The number of aromatic nitrogens is 1. The molecule has 2 rings (SSSR count). The molecular formula is C14H16N4S. The largest absolute Gasteiger partial charge is 0.382 e. The van der Waals surface area contributed by atoms with Crippen LogP contribution in [0.3, 0.4) is 0 Å². The number of hydrogen-bond acceptors (Lipinski definition) is 5. The molecule has 19 heavy (non-hydrogen) atoms. The van der Waals surface area contributed by atoms with Crippen LogP contribution in [-0.4, -0.2) is 10.4 Å². The number of benzene rings is 1. The Morgan fingerprint density at radius 3 is 2.84 bits per heavy atom. The van der Waals surface area contributed by atoms with Crippen LogP contribution in [0.2, 0.25) is 0 Å².